The monoisotopic (exact) mass is 210 g/mol. The van der Waals surface area contributed by atoms with Crippen LogP contribution in [0.25, 0.3) is 0 Å². The minimum atomic E-state index is -0.434. The van der Waals surface area contributed by atoms with Gasteiger partial charge in [-0.25, -0.2) is 0 Å². The molecule has 0 heterocycles. The second kappa shape index (κ2) is 4.75. The number of para-hydroxylation sites is 1. The third kappa shape index (κ3) is 2.66. The Bertz CT molecular complexity index is 364. The van der Waals surface area contributed by atoms with Gasteiger partial charge in [0.25, 0.3) is 0 Å². The zero-order chi connectivity index (χ0) is 11.4. The molecule has 0 amide bonds. The Kier molecular flexibility index (Phi) is 3.62. The fourth-order valence-corrected chi connectivity index (χ4v) is 1.45. The molecule has 1 aromatic carbocycles. The lowest BCUT2D eigenvalue weighted by molar-refractivity contribution is -0.386. The molecule has 1 aromatic rings. The summed E-state index contributed by atoms with van der Waals surface area (Å²) in [4.78, 5) is 10.4. The molecule has 82 valence electrons. The van der Waals surface area contributed by atoms with Crippen molar-refractivity contribution < 1.29 is 9.66 Å². The molecule has 1 rings (SSSR count). The van der Waals surface area contributed by atoms with Crippen LogP contribution in [0, 0.1) is 10.1 Å². The molecule has 0 radical (unpaired) electrons. The van der Waals surface area contributed by atoms with Crippen LogP contribution < -0.4 is 10.5 Å². The molecule has 0 aliphatic carbocycles. The standard InChI is InChI=1S/C10H14N2O3/c1-7(11)6-8-4-3-5-9(15-2)10(8)12(13)14/h3-5,7H,6,11H2,1-2H3/t7-/m0/s1. The minimum absolute atomic E-state index is 0.0114. The van der Waals surface area contributed by atoms with Crippen molar-refractivity contribution >= 4 is 5.69 Å². The molecule has 0 saturated heterocycles. The summed E-state index contributed by atoms with van der Waals surface area (Å²) in [5.41, 5.74) is 6.24. The maximum atomic E-state index is 10.9. The van der Waals surface area contributed by atoms with Gasteiger partial charge in [-0.1, -0.05) is 12.1 Å². The van der Waals surface area contributed by atoms with Crippen LogP contribution in [-0.4, -0.2) is 18.1 Å². The Balaban J connectivity index is 3.19. The number of nitro groups is 1. The maximum absolute atomic E-state index is 10.9. The quantitative estimate of drug-likeness (QED) is 0.603. The number of methoxy groups -OCH3 is 1. The van der Waals surface area contributed by atoms with E-state index in [0.29, 0.717) is 12.0 Å². The van der Waals surface area contributed by atoms with Crippen LogP contribution >= 0.6 is 0 Å². The molecule has 0 aliphatic rings. The van der Waals surface area contributed by atoms with Crippen LogP contribution in [-0.2, 0) is 6.42 Å². The van der Waals surface area contributed by atoms with E-state index >= 15 is 0 Å². The van der Waals surface area contributed by atoms with Crippen LogP contribution in [0.15, 0.2) is 18.2 Å². The zero-order valence-corrected chi connectivity index (χ0v) is 8.77. The number of hydrogen-bond acceptors (Lipinski definition) is 4. The Labute approximate surface area is 88.0 Å². The van der Waals surface area contributed by atoms with E-state index in [-0.39, 0.29) is 17.5 Å². The Morgan fingerprint density at radius 3 is 2.73 bits per heavy atom. The Morgan fingerprint density at radius 2 is 2.27 bits per heavy atom. The molecule has 0 saturated carbocycles. The number of hydrogen-bond donors (Lipinski definition) is 1. The highest BCUT2D eigenvalue weighted by atomic mass is 16.6. The number of ether oxygens (including phenoxy) is 1. The highest BCUT2D eigenvalue weighted by Crippen LogP contribution is 2.30. The third-order valence-corrected chi connectivity index (χ3v) is 2.03. The molecular formula is C10H14N2O3. The predicted octanol–water partition coefficient (Wildman–Crippen LogP) is 1.49. The first-order valence-corrected chi connectivity index (χ1v) is 4.62. The van der Waals surface area contributed by atoms with Crippen LogP contribution in [0.4, 0.5) is 5.69 Å². The maximum Gasteiger partial charge on any atom is 0.314 e. The highest BCUT2D eigenvalue weighted by Gasteiger charge is 2.20. The highest BCUT2D eigenvalue weighted by molar-refractivity contribution is 5.52. The zero-order valence-electron chi connectivity index (χ0n) is 8.77. The first kappa shape index (κ1) is 11.5. The van der Waals surface area contributed by atoms with Gasteiger partial charge in [0.15, 0.2) is 5.75 Å². The first-order valence-electron chi connectivity index (χ1n) is 4.62. The van der Waals surface area contributed by atoms with E-state index in [2.05, 4.69) is 0 Å². The lowest BCUT2D eigenvalue weighted by Gasteiger charge is -2.08. The van der Waals surface area contributed by atoms with Gasteiger partial charge in [0.05, 0.1) is 12.0 Å². The second-order valence-corrected chi connectivity index (χ2v) is 3.41. The van der Waals surface area contributed by atoms with Crippen molar-refractivity contribution in [3.63, 3.8) is 0 Å². The van der Waals surface area contributed by atoms with Crippen molar-refractivity contribution in [3.05, 3.63) is 33.9 Å². The van der Waals surface area contributed by atoms with E-state index in [9.17, 15) is 10.1 Å². The molecule has 0 unspecified atom stereocenters. The van der Waals surface area contributed by atoms with Crippen molar-refractivity contribution in [1.82, 2.24) is 0 Å². The molecule has 0 spiro atoms. The molecule has 5 heteroatoms. The second-order valence-electron chi connectivity index (χ2n) is 3.41. The summed E-state index contributed by atoms with van der Waals surface area (Å²) in [5.74, 6) is 0.276. The number of benzene rings is 1. The van der Waals surface area contributed by atoms with Gasteiger partial charge in [0.1, 0.15) is 0 Å². The van der Waals surface area contributed by atoms with E-state index in [1.807, 2.05) is 6.92 Å². The lowest BCUT2D eigenvalue weighted by Crippen LogP contribution is -2.18. The molecule has 0 aromatic heterocycles. The van der Waals surface area contributed by atoms with Crippen molar-refractivity contribution in [3.8, 4) is 5.75 Å². The molecule has 5 nitrogen and oxygen atoms in total. The average molecular weight is 210 g/mol. The first-order chi connectivity index (χ1) is 7.06. The lowest BCUT2D eigenvalue weighted by atomic mass is 10.1. The Hall–Kier alpha value is -1.62. The number of rotatable bonds is 4. The van der Waals surface area contributed by atoms with Gasteiger partial charge < -0.3 is 10.5 Å². The van der Waals surface area contributed by atoms with Crippen molar-refractivity contribution in [1.29, 1.82) is 0 Å². The van der Waals surface area contributed by atoms with Gasteiger partial charge in [0, 0.05) is 11.6 Å². The van der Waals surface area contributed by atoms with Crippen LogP contribution in [0.5, 0.6) is 5.75 Å². The molecule has 0 fully saturated rings. The predicted molar refractivity (Wildman–Crippen MR) is 57.0 cm³/mol. The minimum Gasteiger partial charge on any atom is -0.490 e. The van der Waals surface area contributed by atoms with E-state index in [1.54, 1.807) is 18.2 Å². The van der Waals surface area contributed by atoms with E-state index < -0.39 is 4.92 Å². The van der Waals surface area contributed by atoms with Gasteiger partial charge >= 0.3 is 5.69 Å². The molecular weight excluding hydrogens is 196 g/mol. The van der Waals surface area contributed by atoms with Gasteiger partial charge in [-0.2, -0.15) is 0 Å². The molecule has 0 bridgehead atoms. The van der Waals surface area contributed by atoms with Crippen molar-refractivity contribution in [2.45, 2.75) is 19.4 Å². The summed E-state index contributed by atoms with van der Waals surface area (Å²) < 4.78 is 4.95. The summed E-state index contributed by atoms with van der Waals surface area (Å²) in [7, 11) is 1.41. The van der Waals surface area contributed by atoms with Crippen LogP contribution in [0.3, 0.4) is 0 Å². The summed E-state index contributed by atoms with van der Waals surface area (Å²) in [6, 6.07) is 4.88. The van der Waals surface area contributed by atoms with Gasteiger partial charge in [0.2, 0.25) is 0 Å². The smallest absolute Gasteiger partial charge is 0.314 e. The summed E-state index contributed by atoms with van der Waals surface area (Å²) >= 11 is 0. The van der Waals surface area contributed by atoms with E-state index in [0.717, 1.165) is 0 Å². The van der Waals surface area contributed by atoms with E-state index in [1.165, 1.54) is 7.11 Å². The number of nitro benzene ring substituents is 1. The summed E-state index contributed by atoms with van der Waals surface area (Å²) in [6.07, 6.45) is 0.466. The molecule has 2 N–H and O–H groups in total. The number of nitrogens with zero attached hydrogens (tertiary/aromatic N) is 1. The topological polar surface area (TPSA) is 78.4 Å². The van der Waals surface area contributed by atoms with Crippen LogP contribution in [0.2, 0.25) is 0 Å². The van der Waals surface area contributed by atoms with Gasteiger partial charge in [-0.05, 0) is 19.4 Å². The van der Waals surface area contributed by atoms with Gasteiger partial charge in [-0.15, -0.1) is 0 Å². The van der Waals surface area contributed by atoms with E-state index in [4.69, 9.17) is 10.5 Å². The summed E-state index contributed by atoms with van der Waals surface area (Å²) in [6.45, 7) is 1.81. The SMILES string of the molecule is COc1cccc(C[C@H](C)N)c1[N+](=O)[O-]. The summed E-state index contributed by atoms with van der Waals surface area (Å²) in [5, 5.41) is 10.9. The third-order valence-electron chi connectivity index (χ3n) is 2.03. The molecule has 1 atom stereocenters. The Morgan fingerprint density at radius 1 is 1.60 bits per heavy atom. The van der Waals surface area contributed by atoms with Crippen LogP contribution in [0.1, 0.15) is 12.5 Å². The number of nitrogens with two attached hydrogens (primary N) is 1. The fourth-order valence-electron chi connectivity index (χ4n) is 1.45. The average Bonchev–Trinajstić information content (AvgIpc) is 2.15. The largest absolute Gasteiger partial charge is 0.490 e. The van der Waals surface area contributed by atoms with Crippen molar-refractivity contribution in [2.75, 3.05) is 7.11 Å². The molecule has 0 aliphatic heterocycles. The van der Waals surface area contributed by atoms with Crippen molar-refractivity contribution in [2.24, 2.45) is 5.73 Å². The molecule has 15 heavy (non-hydrogen) atoms. The van der Waals surface area contributed by atoms with Gasteiger partial charge in [-0.3, -0.25) is 10.1 Å². The fraction of sp³-hybridized carbons (Fsp3) is 0.400. The normalized spacial score (nSPS) is 12.2.